The first kappa shape index (κ1) is 8.36. The second-order valence-electron chi connectivity index (χ2n) is 2.49. The lowest BCUT2D eigenvalue weighted by Crippen LogP contribution is -1.91. The van der Waals surface area contributed by atoms with Gasteiger partial charge >= 0.3 is 0 Å². The molecule has 70 valence electrons. The zero-order valence-electron chi connectivity index (χ0n) is 7.15. The fraction of sp³-hybridized carbons (Fsp3) is 0. The predicted octanol–water partition coefficient (Wildman–Crippen LogP) is 0.261. The normalized spacial score (nSPS) is 10.9. The molecule has 2 aromatic heterocycles. The number of hydrogen-bond donors (Lipinski definition) is 1. The molecule has 2 aromatic rings. The largest absolute Gasteiger partial charge is 0.506 e. The molecular formula is C8H7N5O. The molecule has 0 aromatic carbocycles. The predicted molar refractivity (Wildman–Crippen MR) is 48.9 cm³/mol. The summed E-state index contributed by atoms with van der Waals surface area (Å²) in [6.45, 7) is 0. The minimum Gasteiger partial charge on any atom is -0.506 e. The van der Waals surface area contributed by atoms with Gasteiger partial charge in [-0.15, -0.1) is 9.89 Å². The first-order chi connectivity index (χ1) is 6.86. The number of nitrogens with zero attached hydrogens (tertiary/aromatic N) is 5. The quantitative estimate of drug-likeness (QED) is 0.687. The van der Waals surface area contributed by atoms with Crippen LogP contribution < -0.4 is 0 Å². The van der Waals surface area contributed by atoms with Crippen molar-refractivity contribution in [1.82, 2.24) is 19.9 Å². The average Bonchev–Trinajstić information content (AvgIpc) is 2.69. The third kappa shape index (κ3) is 1.74. The topological polar surface area (TPSA) is 76.2 Å². The van der Waals surface area contributed by atoms with Crippen LogP contribution in [0.1, 0.15) is 5.56 Å². The maximum Gasteiger partial charge on any atom is 0.142 e. The van der Waals surface area contributed by atoms with Crippen LogP contribution in [0.4, 0.5) is 0 Å². The van der Waals surface area contributed by atoms with Crippen LogP contribution in [0.5, 0.6) is 5.75 Å². The van der Waals surface area contributed by atoms with Crippen molar-refractivity contribution < 1.29 is 5.11 Å². The second kappa shape index (κ2) is 3.65. The molecular weight excluding hydrogens is 182 g/mol. The molecule has 2 rings (SSSR count). The van der Waals surface area contributed by atoms with Crippen LogP contribution in [0, 0.1) is 0 Å². The second-order valence-corrected chi connectivity index (χ2v) is 2.49. The van der Waals surface area contributed by atoms with Gasteiger partial charge in [-0.05, 0) is 6.07 Å². The molecule has 0 bridgehead atoms. The summed E-state index contributed by atoms with van der Waals surface area (Å²) in [6.07, 6.45) is 7.23. The number of hydrogen-bond acceptors (Lipinski definition) is 5. The Bertz CT molecular complexity index is 437. The Hall–Kier alpha value is -2.24. The third-order valence-electron chi connectivity index (χ3n) is 1.55. The Morgan fingerprint density at radius 3 is 3.07 bits per heavy atom. The SMILES string of the molecule is Oc1cnccc1/C=N/n1cncn1. The van der Waals surface area contributed by atoms with Gasteiger partial charge in [-0.2, -0.15) is 5.10 Å². The highest BCUT2D eigenvalue weighted by molar-refractivity contribution is 5.82. The molecule has 0 unspecified atom stereocenters. The van der Waals surface area contributed by atoms with Gasteiger partial charge in [-0.1, -0.05) is 0 Å². The number of rotatable bonds is 2. The van der Waals surface area contributed by atoms with Crippen molar-refractivity contribution in [3.05, 3.63) is 36.7 Å². The van der Waals surface area contributed by atoms with E-state index in [1.165, 1.54) is 29.9 Å². The number of aromatic nitrogens is 4. The van der Waals surface area contributed by atoms with E-state index in [0.717, 1.165) is 0 Å². The van der Waals surface area contributed by atoms with Gasteiger partial charge in [0.25, 0.3) is 0 Å². The van der Waals surface area contributed by atoms with Crippen LogP contribution in [0.15, 0.2) is 36.2 Å². The monoisotopic (exact) mass is 189 g/mol. The van der Waals surface area contributed by atoms with E-state index in [1.54, 1.807) is 12.3 Å². The van der Waals surface area contributed by atoms with Crippen molar-refractivity contribution >= 4 is 6.21 Å². The number of pyridine rings is 1. The fourth-order valence-corrected chi connectivity index (χ4v) is 0.889. The molecule has 0 radical (unpaired) electrons. The summed E-state index contributed by atoms with van der Waals surface area (Å²) in [5.41, 5.74) is 0.579. The van der Waals surface area contributed by atoms with Gasteiger partial charge in [0.05, 0.1) is 12.4 Å². The van der Waals surface area contributed by atoms with Crippen LogP contribution >= 0.6 is 0 Å². The van der Waals surface area contributed by atoms with E-state index in [9.17, 15) is 5.11 Å². The lowest BCUT2D eigenvalue weighted by molar-refractivity contribution is 0.471. The maximum atomic E-state index is 9.34. The van der Waals surface area contributed by atoms with E-state index in [-0.39, 0.29) is 5.75 Å². The molecule has 2 heterocycles. The van der Waals surface area contributed by atoms with Crippen molar-refractivity contribution in [1.29, 1.82) is 0 Å². The molecule has 0 aliphatic heterocycles. The third-order valence-corrected chi connectivity index (χ3v) is 1.55. The minimum atomic E-state index is 0.0800. The van der Waals surface area contributed by atoms with Gasteiger partial charge in [0.1, 0.15) is 18.4 Å². The molecule has 6 nitrogen and oxygen atoms in total. The molecule has 0 spiro atoms. The summed E-state index contributed by atoms with van der Waals surface area (Å²) in [5.74, 6) is 0.0800. The molecule has 0 atom stereocenters. The van der Waals surface area contributed by atoms with Gasteiger partial charge < -0.3 is 5.11 Å². The molecule has 0 aliphatic carbocycles. The Kier molecular flexibility index (Phi) is 2.18. The summed E-state index contributed by atoms with van der Waals surface area (Å²) < 4.78 is 0. The van der Waals surface area contributed by atoms with E-state index >= 15 is 0 Å². The first-order valence-corrected chi connectivity index (χ1v) is 3.88. The summed E-state index contributed by atoms with van der Waals surface area (Å²) in [7, 11) is 0. The van der Waals surface area contributed by atoms with Gasteiger partial charge in [0.15, 0.2) is 0 Å². The average molecular weight is 189 g/mol. The Labute approximate surface area is 79.6 Å². The van der Waals surface area contributed by atoms with Crippen molar-refractivity contribution in [2.24, 2.45) is 5.10 Å². The lowest BCUT2D eigenvalue weighted by atomic mass is 10.3. The van der Waals surface area contributed by atoms with Gasteiger partial charge in [0, 0.05) is 11.8 Å². The van der Waals surface area contributed by atoms with Crippen molar-refractivity contribution in [3.8, 4) is 5.75 Å². The summed E-state index contributed by atoms with van der Waals surface area (Å²) in [6, 6.07) is 1.65. The highest BCUT2D eigenvalue weighted by Gasteiger charge is 1.95. The Morgan fingerprint density at radius 1 is 1.43 bits per heavy atom. The zero-order valence-corrected chi connectivity index (χ0v) is 7.15. The van der Waals surface area contributed by atoms with Crippen molar-refractivity contribution in [2.75, 3.05) is 0 Å². The van der Waals surface area contributed by atoms with Crippen LogP contribution in [0.25, 0.3) is 0 Å². The Balaban J connectivity index is 2.23. The molecule has 0 saturated heterocycles. The molecule has 0 amide bonds. The summed E-state index contributed by atoms with van der Waals surface area (Å²) in [5, 5.41) is 17.0. The molecule has 0 fully saturated rings. The molecule has 6 heteroatoms. The van der Waals surface area contributed by atoms with Crippen molar-refractivity contribution in [3.63, 3.8) is 0 Å². The van der Waals surface area contributed by atoms with Crippen LogP contribution in [0.3, 0.4) is 0 Å². The lowest BCUT2D eigenvalue weighted by Gasteiger charge is -1.95. The highest BCUT2D eigenvalue weighted by atomic mass is 16.3. The van der Waals surface area contributed by atoms with Crippen molar-refractivity contribution in [2.45, 2.75) is 0 Å². The maximum absolute atomic E-state index is 9.34. The van der Waals surface area contributed by atoms with Crippen LogP contribution in [0.2, 0.25) is 0 Å². The molecule has 0 aliphatic rings. The van der Waals surface area contributed by atoms with E-state index in [1.807, 2.05) is 0 Å². The van der Waals surface area contributed by atoms with Gasteiger partial charge in [-0.25, -0.2) is 4.98 Å². The standard InChI is InChI=1S/C8H7N5O/c14-8-4-9-2-1-7(8)3-11-13-6-10-5-12-13/h1-6,14H/b11-3+. The van der Waals surface area contributed by atoms with Gasteiger partial charge in [-0.3, -0.25) is 4.98 Å². The first-order valence-electron chi connectivity index (χ1n) is 3.88. The summed E-state index contributed by atoms with van der Waals surface area (Å²) in [4.78, 5) is 8.76. The van der Waals surface area contributed by atoms with Crippen LogP contribution in [-0.4, -0.2) is 31.2 Å². The summed E-state index contributed by atoms with van der Waals surface area (Å²) >= 11 is 0. The highest BCUT2D eigenvalue weighted by Crippen LogP contribution is 2.10. The van der Waals surface area contributed by atoms with E-state index in [0.29, 0.717) is 5.56 Å². The Morgan fingerprint density at radius 2 is 2.36 bits per heavy atom. The van der Waals surface area contributed by atoms with Crippen LogP contribution in [-0.2, 0) is 0 Å². The van der Waals surface area contributed by atoms with E-state index < -0.39 is 0 Å². The van der Waals surface area contributed by atoms with Gasteiger partial charge in [0.2, 0.25) is 0 Å². The molecule has 1 N–H and O–H groups in total. The smallest absolute Gasteiger partial charge is 0.142 e. The minimum absolute atomic E-state index is 0.0800. The molecule has 0 saturated carbocycles. The fourth-order valence-electron chi connectivity index (χ4n) is 0.889. The molecule has 14 heavy (non-hydrogen) atoms. The number of aromatic hydroxyl groups is 1. The van der Waals surface area contributed by atoms with E-state index in [2.05, 4.69) is 20.2 Å². The zero-order chi connectivity index (χ0) is 9.80. The van der Waals surface area contributed by atoms with E-state index in [4.69, 9.17) is 0 Å².